The van der Waals surface area contributed by atoms with Gasteiger partial charge in [0.05, 0.1) is 24.6 Å². The number of rotatable bonds is 14. The largest absolute Gasteiger partial charge is 0.380 e. The van der Waals surface area contributed by atoms with Crippen molar-refractivity contribution in [1.29, 1.82) is 0 Å². The molecule has 3 fully saturated rings. The quantitative estimate of drug-likeness (QED) is 0.194. The molecule has 10 nitrogen and oxygen atoms in total. The van der Waals surface area contributed by atoms with E-state index < -0.39 is 17.9 Å². The van der Waals surface area contributed by atoms with Gasteiger partial charge < -0.3 is 38.1 Å². The molecule has 2 aromatic carbocycles. The summed E-state index contributed by atoms with van der Waals surface area (Å²) in [4.78, 5) is 2.29. The van der Waals surface area contributed by atoms with E-state index in [4.69, 9.17) is 33.2 Å². The minimum atomic E-state index is -0.722. The Morgan fingerprint density at radius 2 is 1.33 bits per heavy atom. The summed E-state index contributed by atoms with van der Waals surface area (Å²) in [7, 11) is 0. The first kappa shape index (κ1) is 31.0. The number of hydrogen-bond donors (Lipinski definition) is 0. The van der Waals surface area contributed by atoms with E-state index in [9.17, 15) is 0 Å². The third-order valence-electron chi connectivity index (χ3n) is 7.50. The van der Waals surface area contributed by atoms with Crippen LogP contribution in [0.2, 0.25) is 0 Å². The molecule has 0 radical (unpaired) electrons. The molecule has 3 saturated heterocycles. The van der Waals surface area contributed by atoms with Gasteiger partial charge in [0.1, 0.15) is 24.4 Å². The normalized spacial score (nSPS) is 27.7. The zero-order chi connectivity index (χ0) is 29.6. The molecule has 5 rings (SSSR count). The molecule has 3 heterocycles. The number of benzene rings is 2. The monoisotopic (exact) mass is 583 g/mol. The number of ether oxygens (including phenoxy) is 7. The Bertz CT molecular complexity index is 1140. The van der Waals surface area contributed by atoms with Crippen LogP contribution in [0.5, 0.6) is 0 Å². The van der Waals surface area contributed by atoms with Crippen LogP contribution in [-0.2, 0) is 33.2 Å². The fraction of sp³-hybridized carbons (Fsp3) is 0.625. The van der Waals surface area contributed by atoms with Crippen LogP contribution in [0.15, 0.2) is 64.8 Å². The molecule has 10 heteroatoms. The van der Waals surface area contributed by atoms with Crippen LogP contribution in [0.1, 0.15) is 47.5 Å². The van der Waals surface area contributed by atoms with Gasteiger partial charge in [0.25, 0.3) is 0 Å². The summed E-state index contributed by atoms with van der Waals surface area (Å²) < 4.78 is 42.5. The summed E-state index contributed by atoms with van der Waals surface area (Å²) in [6.45, 7) is 13.9. The van der Waals surface area contributed by atoms with Crippen molar-refractivity contribution in [2.75, 3.05) is 44.4 Å². The minimum absolute atomic E-state index is 0.256. The van der Waals surface area contributed by atoms with E-state index in [1.165, 1.54) is 0 Å². The van der Waals surface area contributed by atoms with Crippen molar-refractivity contribution in [3.8, 4) is 0 Å². The number of hydrogen-bond acceptors (Lipinski definition) is 10. The van der Waals surface area contributed by atoms with Crippen molar-refractivity contribution in [2.24, 2.45) is 10.2 Å². The highest BCUT2D eigenvalue weighted by molar-refractivity contribution is 5.52. The summed E-state index contributed by atoms with van der Waals surface area (Å²) in [5, 5.41) is 8.61. The molecule has 3 aliphatic heterocycles. The fourth-order valence-corrected chi connectivity index (χ4v) is 5.52. The van der Waals surface area contributed by atoms with E-state index in [-0.39, 0.29) is 24.4 Å². The van der Waals surface area contributed by atoms with Crippen LogP contribution in [0.3, 0.4) is 0 Å². The topological polar surface area (TPSA) is 92.6 Å². The van der Waals surface area contributed by atoms with Gasteiger partial charge in [-0.15, -0.1) is 0 Å². The smallest absolute Gasteiger partial charge is 0.190 e. The standard InChI is InChI=1S/C32H45N3O7/c1-6-35(25-16-14-24(15-17-25)34-33-23-12-8-7-9-13-23)18-21-36-19-10-11-20-37-22-26-27-28(40-31(2,3)39-27)29-30(38-26)42-32(4,5)41-29/h7-9,12-17,26-30H,6,10-11,18-22H2,1-5H3/t26-,27+,28+,29-,30-/m1/s1. The van der Waals surface area contributed by atoms with Gasteiger partial charge in [0, 0.05) is 32.0 Å². The van der Waals surface area contributed by atoms with Crippen LogP contribution in [0.4, 0.5) is 17.1 Å². The molecule has 3 aliphatic rings. The maximum Gasteiger partial charge on any atom is 0.190 e. The van der Waals surface area contributed by atoms with E-state index >= 15 is 0 Å². The minimum Gasteiger partial charge on any atom is -0.380 e. The van der Waals surface area contributed by atoms with Crippen LogP contribution in [-0.4, -0.2) is 81.8 Å². The highest BCUT2D eigenvalue weighted by atomic mass is 16.9. The van der Waals surface area contributed by atoms with Crippen molar-refractivity contribution < 1.29 is 33.2 Å². The molecular weight excluding hydrogens is 538 g/mol. The zero-order valence-corrected chi connectivity index (χ0v) is 25.4. The number of anilines is 1. The maximum absolute atomic E-state index is 6.20. The number of unbranched alkanes of at least 4 members (excludes halogenated alkanes) is 1. The molecule has 230 valence electrons. The van der Waals surface area contributed by atoms with E-state index in [0.717, 1.165) is 43.0 Å². The average Bonchev–Trinajstić information content (AvgIpc) is 3.47. The first-order valence-corrected chi connectivity index (χ1v) is 15.1. The molecule has 0 spiro atoms. The second kappa shape index (κ2) is 13.9. The molecule has 5 atom stereocenters. The first-order valence-electron chi connectivity index (χ1n) is 15.1. The van der Waals surface area contributed by atoms with Crippen LogP contribution in [0, 0.1) is 0 Å². The van der Waals surface area contributed by atoms with Crippen molar-refractivity contribution in [1.82, 2.24) is 0 Å². The molecule has 0 unspecified atom stereocenters. The molecule has 0 aliphatic carbocycles. The summed E-state index contributed by atoms with van der Waals surface area (Å²) in [5.41, 5.74) is 2.81. The highest BCUT2D eigenvalue weighted by Crippen LogP contribution is 2.44. The molecule has 42 heavy (non-hydrogen) atoms. The number of fused-ring (bicyclic) bond motifs is 3. The lowest BCUT2D eigenvalue weighted by Gasteiger charge is -2.37. The zero-order valence-electron chi connectivity index (χ0n) is 25.4. The Morgan fingerprint density at radius 3 is 2.05 bits per heavy atom. The number of likely N-dealkylation sites (N-methyl/N-ethyl adjacent to an activating group) is 1. The lowest BCUT2D eigenvalue weighted by molar-refractivity contribution is -0.243. The Hall–Kier alpha value is -2.44. The number of azo groups is 1. The third kappa shape index (κ3) is 8.13. The van der Waals surface area contributed by atoms with E-state index in [0.29, 0.717) is 26.4 Å². The van der Waals surface area contributed by atoms with Gasteiger partial charge in [0.15, 0.2) is 17.9 Å². The van der Waals surface area contributed by atoms with Crippen molar-refractivity contribution in [3.05, 3.63) is 54.6 Å². The van der Waals surface area contributed by atoms with Crippen molar-refractivity contribution in [2.45, 2.75) is 89.7 Å². The fourth-order valence-electron chi connectivity index (χ4n) is 5.52. The Labute approximate surface area is 249 Å². The van der Waals surface area contributed by atoms with Gasteiger partial charge in [-0.05, 0) is 83.9 Å². The molecule has 0 aromatic heterocycles. The Morgan fingerprint density at radius 1 is 0.714 bits per heavy atom. The predicted molar refractivity (Wildman–Crippen MR) is 158 cm³/mol. The Kier molecular flexibility index (Phi) is 10.3. The van der Waals surface area contributed by atoms with Crippen LogP contribution >= 0.6 is 0 Å². The van der Waals surface area contributed by atoms with E-state index in [1.807, 2.05) is 70.2 Å². The first-order chi connectivity index (χ1) is 20.2. The van der Waals surface area contributed by atoms with Gasteiger partial charge >= 0.3 is 0 Å². The maximum atomic E-state index is 6.20. The molecule has 0 amide bonds. The molecule has 2 aromatic rings. The predicted octanol–water partition coefficient (Wildman–Crippen LogP) is 6.14. The number of nitrogens with zero attached hydrogens (tertiary/aromatic N) is 3. The molecule has 0 bridgehead atoms. The molecule has 0 saturated carbocycles. The summed E-state index contributed by atoms with van der Waals surface area (Å²) in [5.74, 6) is -1.43. The van der Waals surface area contributed by atoms with Crippen molar-refractivity contribution in [3.63, 3.8) is 0 Å². The van der Waals surface area contributed by atoms with Gasteiger partial charge in [-0.1, -0.05) is 18.2 Å². The van der Waals surface area contributed by atoms with Crippen LogP contribution in [0.25, 0.3) is 0 Å². The molecular formula is C32H45N3O7. The van der Waals surface area contributed by atoms with E-state index in [2.05, 4.69) is 34.2 Å². The van der Waals surface area contributed by atoms with Gasteiger partial charge in [-0.3, -0.25) is 0 Å². The van der Waals surface area contributed by atoms with Crippen LogP contribution < -0.4 is 4.90 Å². The SMILES string of the molecule is CCN(CCOCCCCOC[C@H]1O[C@@H]2OC(C)(C)O[C@@H]2[C@H]2OC(C)(C)O[C@H]21)c1ccc(N=Nc2ccccc2)cc1. The van der Waals surface area contributed by atoms with Gasteiger partial charge in [-0.25, -0.2) is 0 Å². The van der Waals surface area contributed by atoms with E-state index in [1.54, 1.807) is 0 Å². The average molecular weight is 584 g/mol. The summed E-state index contributed by atoms with van der Waals surface area (Å²) in [6.07, 6.45) is 0.206. The summed E-state index contributed by atoms with van der Waals surface area (Å²) in [6, 6.07) is 17.9. The molecule has 0 N–H and O–H groups in total. The second-order valence-electron chi connectivity index (χ2n) is 11.7. The van der Waals surface area contributed by atoms with Crippen molar-refractivity contribution >= 4 is 17.1 Å². The van der Waals surface area contributed by atoms with Gasteiger partial charge in [-0.2, -0.15) is 10.2 Å². The lowest BCUT2D eigenvalue weighted by Crippen LogP contribution is -2.56. The van der Waals surface area contributed by atoms with Gasteiger partial charge in [0.2, 0.25) is 0 Å². The third-order valence-corrected chi connectivity index (χ3v) is 7.50. The Balaban J connectivity index is 0.964. The highest BCUT2D eigenvalue weighted by Gasteiger charge is 2.60. The summed E-state index contributed by atoms with van der Waals surface area (Å²) >= 11 is 0. The lowest BCUT2D eigenvalue weighted by atomic mass is 9.99. The second-order valence-corrected chi connectivity index (χ2v) is 11.7.